The molecule has 96 valence electrons. The van der Waals surface area contributed by atoms with Crippen LogP contribution in [0.15, 0.2) is 28.7 Å². The molecule has 1 amide bonds. The minimum atomic E-state index is 0.357. The van der Waals surface area contributed by atoms with Crippen molar-refractivity contribution in [3.05, 3.63) is 34.3 Å². The fraction of sp³-hybridized carbons (Fsp3) is 0.533. The zero-order chi connectivity index (χ0) is 12.5. The van der Waals surface area contributed by atoms with Crippen LogP contribution in [0.25, 0.3) is 0 Å². The monoisotopic (exact) mass is 307 g/mol. The Bertz CT molecular complexity index is 438. The second-order valence-electron chi connectivity index (χ2n) is 5.43. The largest absolute Gasteiger partial charge is 0.339 e. The van der Waals surface area contributed by atoms with E-state index in [4.69, 9.17) is 0 Å². The number of amides is 1. The molecule has 1 aromatic rings. The second kappa shape index (κ2) is 5.04. The van der Waals surface area contributed by atoms with Crippen LogP contribution in [-0.4, -0.2) is 23.4 Å². The Morgan fingerprint density at radius 3 is 2.61 bits per heavy atom. The van der Waals surface area contributed by atoms with Crippen molar-refractivity contribution in [2.45, 2.75) is 38.1 Å². The van der Waals surface area contributed by atoms with Crippen molar-refractivity contribution in [3.63, 3.8) is 0 Å². The van der Waals surface area contributed by atoms with Crippen LogP contribution >= 0.6 is 15.9 Å². The van der Waals surface area contributed by atoms with E-state index in [0.717, 1.165) is 36.7 Å². The number of carbonyl (C=O) groups is 1. The van der Waals surface area contributed by atoms with Gasteiger partial charge in [0, 0.05) is 23.0 Å². The molecule has 1 saturated carbocycles. The number of rotatable bonds is 3. The molecule has 1 atom stereocenters. The van der Waals surface area contributed by atoms with E-state index in [0.29, 0.717) is 17.9 Å². The van der Waals surface area contributed by atoms with Gasteiger partial charge in [-0.2, -0.15) is 0 Å². The van der Waals surface area contributed by atoms with Gasteiger partial charge in [-0.15, -0.1) is 0 Å². The molecule has 0 aromatic heterocycles. The van der Waals surface area contributed by atoms with Crippen molar-refractivity contribution in [3.8, 4) is 0 Å². The third-order valence-corrected chi connectivity index (χ3v) is 4.50. The summed E-state index contributed by atoms with van der Waals surface area (Å²) >= 11 is 3.46. The van der Waals surface area contributed by atoms with E-state index in [1.165, 1.54) is 12.0 Å². The molecule has 0 bridgehead atoms. The van der Waals surface area contributed by atoms with Gasteiger partial charge in [0.25, 0.3) is 0 Å². The third-order valence-electron chi connectivity index (χ3n) is 3.97. The van der Waals surface area contributed by atoms with Gasteiger partial charge in [-0.3, -0.25) is 4.79 Å². The predicted molar refractivity (Wildman–Crippen MR) is 75.3 cm³/mol. The van der Waals surface area contributed by atoms with Crippen molar-refractivity contribution in [1.29, 1.82) is 0 Å². The summed E-state index contributed by atoms with van der Waals surface area (Å²) in [6.07, 6.45) is 5.56. The molecule has 1 aliphatic carbocycles. The molecular weight excluding hydrogens is 290 g/mol. The molecule has 3 rings (SSSR count). The van der Waals surface area contributed by atoms with Gasteiger partial charge in [-0.05, 0) is 49.8 Å². The van der Waals surface area contributed by atoms with Crippen molar-refractivity contribution < 1.29 is 4.79 Å². The minimum absolute atomic E-state index is 0.357. The lowest BCUT2D eigenvalue weighted by atomic mass is 10.0. The van der Waals surface area contributed by atoms with Crippen LogP contribution in [-0.2, 0) is 11.2 Å². The third kappa shape index (κ3) is 2.61. The number of nitrogens with zero attached hydrogens (tertiary/aromatic N) is 1. The summed E-state index contributed by atoms with van der Waals surface area (Å²) in [5.74, 6) is 0.769. The van der Waals surface area contributed by atoms with Crippen molar-refractivity contribution in [2.75, 3.05) is 6.54 Å². The Labute approximate surface area is 116 Å². The first-order chi connectivity index (χ1) is 8.74. The molecule has 0 spiro atoms. The highest BCUT2D eigenvalue weighted by Crippen LogP contribution is 2.34. The van der Waals surface area contributed by atoms with Crippen LogP contribution in [0.4, 0.5) is 0 Å². The van der Waals surface area contributed by atoms with Gasteiger partial charge in [-0.25, -0.2) is 0 Å². The van der Waals surface area contributed by atoms with Crippen LogP contribution in [0, 0.1) is 5.92 Å². The summed E-state index contributed by atoms with van der Waals surface area (Å²) in [5.41, 5.74) is 1.33. The normalized spacial score (nSPS) is 23.4. The first-order valence-corrected chi connectivity index (χ1v) is 7.58. The fourth-order valence-corrected chi connectivity index (χ4v) is 3.06. The molecule has 2 nitrogen and oxygen atoms in total. The molecule has 1 aliphatic heterocycles. The van der Waals surface area contributed by atoms with Gasteiger partial charge in [0.1, 0.15) is 0 Å². The maximum atomic E-state index is 12.2. The summed E-state index contributed by atoms with van der Waals surface area (Å²) in [6.45, 7) is 0.969. The number of likely N-dealkylation sites (tertiary alicyclic amines) is 1. The van der Waals surface area contributed by atoms with Crippen molar-refractivity contribution in [2.24, 2.45) is 5.92 Å². The molecular formula is C15H18BrNO. The van der Waals surface area contributed by atoms with Crippen molar-refractivity contribution >= 4 is 21.8 Å². The minimum Gasteiger partial charge on any atom is -0.339 e. The van der Waals surface area contributed by atoms with Gasteiger partial charge in [0.15, 0.2) is 0 Å². The average molecular weight is 308 g/mol. The van der Waals surface area contributed by atoms with Crippen LogP contribution in [0.1, 0.15) is 31.2 Å². The summed E-state index contributed by atoms with van der Waals surface area (Å²) in [7, 11) is 0. The predicted octanol–water partition coefficient (Wildman–Crippen LogP) is 3.39. The van der Waals surface area contributed by atoms with E-state index in [2.05, 4.69) is 45.1 Å². The first-order valence-electron chi connectivity index (χ1n) is 6.79. The van der Waals surface area contributed by atoms with Gasteiger partial charge in [-0.1, -0.05) is 28.1 Å². The second-order valence-corrected chi connectivity index (χ2v) is 6.35. The number of hydrogen-bond acceptors (Lipinski definition) is 1. The van der Waals surface area contributed by atoms with Gasteiger partial charge >= 0.3 is 0 Å². The van der Waals surface area contributed by atoms with Crippen LogP contribution < -0.4 is 0 Å². The van der Waals surface area contributed by atoms with E-state index < -0.39 is 0 Å². The molecule has 2 aliphatic rings. The van der Waals surface area contributed by atoms with Gasteiger partial charge in [0.2, 0.25) is 5.91 Å². The van der Waals surface area contributed by atoms with E-state index in [9.17, 15) is 4.79 Å². The fourth-order valence-electron chi connectivity index (χ4n) is 2.80. The highest BCUT2D eigenvalue weighted by Gasteiger charge is 2.38. The summed E-state index contributed by atoms with van der Waals surface area (Å²) in [4.78, 5) is 14.3. The number of hydrogen-bond donors (Lipinski definition) is 0. The summed E-state index contributed by atoms with van der Waals surface area (Å²) < 4.78 is 1.11. The smallest absolute Gasteiger partial charge is 0.225 e. The maximum Gasteiger partial charge on any atom is 0.225 e. The lowest BCUT2D eigenvalue weighted by Crippen LogP contribution is -2.37. The van der Waals surface area contributed by atoms with Gasteiger partial charge < -0.3 is 4.90 Å². The van der Waals surface area contributed by atoms with Crippen LogP contribution in [0.3, 0.4) is 0 Å². The van der Waals surface area contributed by atoms with Crippen molar-refractivity contribution in [1.82, 2.24) is 4.90 Å². The quantitative estimate of drug-likeness (QED) is 0.838. The highest BCUT2D eigenvalue weighted by molar-refractivity contribution is 9.10. The lowest BCUT2D eigenvalue weighted by molar-refractivity contribution is -0.133. The topological polar surface area (TPSA) is 20.3 Å². The standard InChI is InChI=1S/C15H18BrNO/c16-13-7-3-11(4-8-13)10-14-2-1-9-17(14)15(18)12-5-6-12/h3-4,7-8,12,14H,1-2,5-6,9-10H2. The molecule has 1 aromatic carbocycles. The number of benzene rings is 1. The Balaban J connectivity index is 1.67. The Morgan fingerprint density at radius 2 is 1.94 bits per heavy atom. The summed E-state index contributed by atoms with van der Waals surface area (Å²) in [6, 6.07) is 8.90. The van der Waals surface area contributed by atoms with Crippen LogP contribution in [0.2, 0.25) is 0 Å². The summed E-state index contributed by atoms with van der Waals surface area (Å²) in [5, 5.41) is 0. The van der Waals surface area contributed by atoms with E-state index >= 15 is 0 Å². The first kappa shape index (κ1) is 12.2. The van der Waals surface area contributed by atoms with Gasteiger partial charge in [0.05, 0.1) is 0 Å². The molecule has 0 N–H and O–H groups in total. The highest BCUT2D eigenvalue weighted by atomic mass is 79.9. The molecule has 3 heteroatoms. The maximum absolute atomic E-state index is 12.2. The molecule has 1 saturated heterocycles. The average Bonchev–Trinajstić information content (AvgIpc) is 3.12. The van der Waals surface area contributed by atoms with E-state index in [-0.39, 0.29) is 0 Å². The molecule has 2 fully saturated rings. The molecule has 1 heterocycles. The number of halogens is 1. The van der Waals surface area contributed by atoms with E-state index in [1.807, 2.05) is 0 Å². The van der Waals surface area contributed by atoms with Crippen LogP contribution in [0.5, 0.6) is 0 Å². The zero-order valence-corrected chi connectivity index (χ0v) is 12.0. The zero-order valence-electron chi connectivity index (χ0n) is 10.4. The molecule has 0 radical (unpaired) electrons. The Morgan fingerprint density at radius 1 is 1.22 bits per heavy atom. The Hall–Kier alpha value is -0.830. The SMILES string of the molecule is O=C(C1CC1)N1CCCC1Cc1ccc(Br)cc1. The lowest BCUT2D eigenvalue weighted by Gasteiger charge is -2.25. The molecule has 1 unspecified atom stereocenters. The Kier molecular flexibility index (Phi) is 3.42. The van der Waals surface area contributed by atoms with E-state index in [1.54, 1.807) is 0 Å². The molecule has 18 heavy (non-hydrogen) atoms. The number of carbonyl (C=O) groups excluding carboxylic acids is 1.